The lowest BCUT2D eigenvalue weighted by molar-refractivity contribution is 0.475. The third-order valence-corrected chi connectivity index (χ3v) is 4.29. The molecule has 0 amide bonds. The highest BCUT2D eigenvalue weighted by Crippen LogP contribution is 2.39. The monoisotopic (exact) mass is 304 g/mol. The summed E-state index contributed by atoms with van der Waals surface area (Å²) in [5, 5.41) is 22.7. The first-order valence-corrected chi connectivity index (χ1v) is 7.16. The molecule has 0 bridgehead atoms. The van der Waals surface area contributed by atoms with Gasteiger partial charge in [-0.1, -0.05) is 0 Å². The Morgan fingerprint density at radius 2 is 1.26 bits per heavy atom. The van der Waals surface area contributed by atoms with Gasteiger partial charge in [-0.25, -0.2) is 4.98 Å². The summed E-state index contributed by atoms with van der Waals surface area (Å²) in [6, 6.07) is 10.2. The summed E-state index contributed by atoms with van der Waals surface area (Å²) in [5.41, 5.74) is 10.0. The molecule has 0 atom stereocenters. The molecule has 0 fully saturated rings. The summed E-state index contributed by atoms with van der Waals surface area (Å²) >= 11 is 0. The van der Waals surface area contributed by atoms with Crippen molar-refractivity contribution in [1.29, 1.82) is 0 Å². The molecule has 0 unspecified atom stereocenters. The number of pyridine rings is 1. The maximum Gasteiger partial charge on any atom is 0.142 e. The Morgan fingerprint density at radius 1 is 0.783 bits per heavy atom. The van der Waals surface area contributed by atoms with Crippen LogP contribution in [0.25, 0.3) is 43.9 Å². The minimum absolute atomic E-state index is 0.175. The molecule has 0 spiro atoms. The fourth-order valence-electron chi connectivity index (χ4n) is 3.28. The van der Waals surface area contributed by atoms with E-state index in [4.69, 9.17) is 5.73 Å². The van der Waals surface area contributed by atoms with Gasteiger partial charge in [0, 0.05) is 21.8 Å². The van der Waals surface area contributed by atoms with Crippen LogP contribution in [-0.2, 0) is 0 Å². The van der Waals surface area contributed by atoms with E-state index in [0.29, 0.717) is 17.0 Å². The third kappa shape index (κ3) is 1.49. The highest BCUT2D eigenvalue weighted by atomic mass is 16.3. The summed E-state index contributed by atoms with van der Waals surface area (Å²) in [5.74, 6) is 0.351. The van der Waals surface area contributed by atoms with Crippen LogP contribution in [0.15, 0.2) is 36.4 Å². The molecule has 0 aliphatic carbocycles. The van der Waals surface area contributed by atoms with Crippen LogP contribution in [0.4, 0.5) is 5.69 Å². The lowest BCUT2D eigenvalue weighted by Crippen LogP contribution is -1.90. The molecule has 0 saturated heterocycles. The normalized spacial score (nSPS) is 12.0. The second kappa shape index (κ2) is 3.86. The summed E-state index contributed by atoms with van der Waals surface area (Å²) < 4.78 is 0. The predicted molar refractivity (Wildman–Crippen MR) is 90.7 cm³/mol. The Balaban J connectivity index is 2.07. The number of fused-ring (bicyclic) bond motifs is 6. The molecule has 2 aromatic carbocycles. The van der Waals surface area contributed by atoms with Crippen LogP contribution >= 0.6 is 0 Å². The SMILES string of the molecule is Nc1c2c(nc3[nH]c4ccc(O)cc4c13)[nH]c1ccc(O)cc12. The number of anilines is 1. The molecular weight excluding hydrogens is 292 g/mol. The second-order valence-electron chi connectivity index (χ2n) is 5.68. The molecule has 5 aromatic rings. The molecular formula is C17H12N4O2. The first-order chi connectivity index (χ1) is 11.1. The minimum atomic E-state index is 0.175. The number of nitrogens with one attached hydrogen (secondary N) is 2. The van der Waals surface area contributed by atoms with Crippen molar-refractivity contribution in [3.05, 3.63) is 36.4 Å². The number of nitrogen functional groups attached to an aromatic ring is 1. The Bertz CT molecular complexity index is 1160. The Hall–Kier alpha value is -3.41. The zero-order chi connectivity index (χ0) is 15.7. The van der Waals surface area contributed by atoms with E-state index in [9.17, 15) is 10.2 Å². The Labute approximate surface area is 129 Å². The second-order valence-corrected chi connectivity index (χ2v) is 5.68. The molecule has 23 heavy (non-hydrogen) atoms. The van der Waals surface area contributed by atoms with Gasteiger partial charge in [0.2, 0.25) is 0 Å². The molecule has 3 heterocycles. The van der Waals surface area contributed by atoms with Crippen LogP contribution in [0.3, 0.4) is 0 Å². The van der Waals surface area contributed by atoms with E-state index >= 15 is 0 Å². The first-order valence-electron chi connectivity index (χ1n) is 7.16. The molecule has 0 saturated carbocycles. The Morgan fingerprint density at radius 3 is 1.74 bits per heavy atom. The first kappa shape index (κ1) is 12.2. The minimum Gasteiger partial charge on any atom is -0.508 e. The van der Waals surface area contributed by atoms with Gasteiger partial charge in [0.05, 0.1) is 16.5 Å². The van der Waals surface area contributed by atoms with Crippen LogP contribution in [-0.4, -0.2) is 25.2 Å². The number of phenolic OH excluding ortho intramolecular Hbond substituents is 2. The molecule has 0 radical (unpaired) electrons. The van der Waals surface area contributed by atoms with Crippen LogP contribution in [0.2, 0.25) is 0 Å². The number of benzene rings is 2. The molecule has 112 valence electrons. The molecule has 3 aromatic heterocycles. The van der Waals surface area contributed by atoms with Gasteiger partial charge in [-0.3, -0.25) is 0 Å². The highest BCUT2D eigenvalue weighted by molar-refractivity contribution is 6.23. The summed E-state index contributed by atoms with van der Waals surface area (Å²) in [6.07, 6.45) is 0. The van der Waals surface area contributed by atoms with Crippen molar-refractivity contribution < 1.29 is 10.2 Å². The summed E-state index contributed by atoms with van der Waals surface area (Å²) in [6.45, 7) is 0. The molecule has 6 heteroatoms. The third-order valence-electron chi connectivity index (χ3n) is 4.29. The van der Waals surface area contributed by atoms with Gasteiger partial charge in [-0.05, 0) is 36.4 Å². The van der Waals surface area contributed by atoms with Gasteiger partial charge in [-0.15, -0.1) is 0 Å². The maximum atomic E-state index is 9.77. The lowest BCUT2D eigenvalue weighted by Gasteiger charge is -2.01. The summed E-state index contributed by atoms with van der Waals surface area (Å²) in [7, 11) is 0. The van der Waals surface area contributed by atoms with Gasteiger partial charge < -0.3 is 25.9 Å². The zero-order valence-corrected chi connectivity index (χ0v) is 11.9. The van der Waals surface area contributed by atoms with Gasteiger partial charge in [0.1, 0.15) is 22.8 Å². The molecule has 0 aliphatic heterocycles. The number of hydrogen-bond donors (Lipinski definition) is 5. The topological polar surface area (TPSA) is 111 Å². The van der Waals surface area contributed by atoms with Crippen molar-refractivity contribution in [2.45, 2.75) is 0 Å². The predicted octanol–water partition coefficient (Wildman–Crippen LogP) is 3.34. The highest BCUT2D eigenvalue weighted by Gasteiger charge is 2.16. The van der Waals surface area contributed by atoms with E-state index in [1.165, 1.54) is 0 Å². The van der Waals surface area contributed by atoms with Gasteiger partial charge >= 0.3 is 0 Å². The van der Waals surface area contributed by atoms with Crippen molar-refractivity contribution >= 4 is 49.6 Å². The van der Waals surface area contributed by atoms with Crippen molar-refractivity contribution in [2.24, 2.45) is 0 Å². The number of H-pyrrole nitrogens is 2. The smallest absolute Gasteiger partial charge is 0.142 e. The molecule has 0 aliphatic rings. The fraction of sp³-hybridized carbons (Fsp3) is 0. The average Bonchev–Trinajstić information content (AvgIpc) is 3.04. The van der Waals surface area contributed by atoms with Crippen molar-refractivity contribution in [3.63, 3.8) is 0 Å². The standard InChI is InChI=1S/C17H12N4O2/c18-15-13-9-5-7(22)1-3-11(9)19-16(13)21-17-14(15)10-6-8(23)2-4-12(10)20-17/h1-6,22-23H,(H4,18,19,20,21). The average molecular weight is 304 g/mol. The summed E-state index contributed by atoms with van der Waals surface area (Å²) in [4.78, 5) is 11.1. The number of nitrogens with two attached hydrogens (primary N) is 1. The van der Waals surface area contributed by atoms with Crippen LogP contribution in [0, 0.1) is 0 Å². The van der Waals surface area contributed by atoms with E-state index in [2.05, 4.69) is 15.0 Å². The number of aromatic amines is 2. The molecule has 5 rings (SSSR count). The van der Waals surface area contributed by atoms with Crippen molar-refractivity contribution in [3.8, 4) is 11.5 Å². The number of phenols is 2. The number of aromatic nitrogens is 3. The van der Waals surface area contributed by atoms with Gasteiger partial charge in [-0.2, -0.15) is 0 Å². The van der Waals surface area contributed by atoms with E-state index in [0.717, 1.165) is 32.6 Å². The lowest BCUT2D eigenvalue weighted by atomic mass is 10.1. The number of nitrogens with zero attached hydrogens (tertiary/aromatic N) is 1. The van der Waals surface area contributed by atoms with Crippen molar-refractivity contribution in [1.82, 2.24) is 15.0 Å². The zero-order valence-electron chi connectivity index (χ0n) is 11.9. The van der Waals surface area contributed by atoms with Gasteiger partial charge in [0.15, 0.2) is 0 Å². The Kier molecular flexibility index (Phi) is 2.04. The van der Waals surface area contributed by atoms with Crippen molar-refractivity contribution in [2.75, 3.05) is 5.73 Å². The van der Waals surface area contributed by atoms with E-state index in [1.807, 2.05) is 0 Å². The molecule has 6 nitrogen and oxygen atoms in total. The number of aromatic hydroxyl groups is 2. The van der Waals surface area contributed by atoms with E-state index < -0.39 is 0 Å². The van der Waals surface area contributed by atoms with E-state index in [1.54, 1.807) is 36.4 Å². The van der Waals surface area contributed by atoms with E-state index in [-0.39, 0.29) is 11.5 Å². The number of hydrogen-bond acceptors (Lipinski definition) is 4. The fourth-order valence-corrected chi connectivity index (χ4v) is 3.28. The van der Waals surface area contributed by atoms with Crippen LogP contribution in [0.5, 0.6) is 11.5 Å². The van der Waals surface area contributed by atoms with Gasteiger partial charge in [0.25, 0.3) is 0 Å². The molecule has 6 N–H and O–H groups in total. The van der Waals surface area contributed by atoms with Crippen LogP contribution < -0.4 is 5.73 Å². The largest absolute Gasteiger partial charge is 0.508 e. The maximum absolute atomic E-state index is 9.77. The van der Waals surface area contributed by atoms with Crippen LogP contribution in [0.1, 0.15) is 0 Å². The quantitative estimate of drug-likeness (QED) is 0.302. The number of rotatable bonds is 0.